The topological polar surface area (TPSA) is 62.4 Å². The highest BCUT2D eigenvalue weighted by Crippen LogP contribution is 2.22. The predicted molar refractivity (Wildman–Crippen MR) is 73.2 cm³/mol. The van der Waals surface area contributed by atoms with Crippen LogP contribution >= 0.6 is 0 Å². The summed E-state index contributed by atoms with van der Waals surface area (Å²) < 4.78 is 0. The minimum Gasteiger partial charge on any atom is -0.396 e. The first kappa shape index (κ1) is 12.4. The smallest absolute Gasteiger partial charge is 0.0738 e. The van der Waals surface area contributed by atoms with Crippen LogP contribution in [0.4, 0.5) is 11.4 Å². The number of nitrogens with zero attached hydrogens (tertiary/aromatic N) is 2. The predicted octanol–water partition coefficient (Wildman–Crippen LogP) is 1.66. The largest absolute Gasteiger partial charge is 0.396 e. The zero-order chi connectivity index (χ0) is 12.8. The number of nitrogen functional groups attached to an aromatic ring is 1. The molecule has 0 atom stereocenters. The fraction of sp³-hybridized carbons (Fsp3) is 0.214. The molecule has 1 aromatic heterocycles. The van der Waals surface area contributed by atoms with Gasteiger partial charge in [0.25, 0.3) is 0 Å². The second-order valence-corrected chi connectivity index (χ2v) is 4.07. The zero-order valence-electron chi connectivity index (χ0n) is 10.2. The zero-order valence-corrected chi connectivity index (χ0v) is 10.2. The summed E-state index contributed by atoms with van der Waals surface area (Å²) in [6.45, 7) is 1.35. The van der Waals surface area contributed by atoms with Crippen molar-refractivity contribution in [2.75, 3.05) is 23.8 Å². The molecule has 1 heterocycles. The maximum absolute atomic E-state index is 9.17. The summed E-state index contributed by atoms with van der Waals surface area (Å²) in [7, 11) is 0. The van der Waals surface area contributed by atoms with Crippen molar-refractivity contribution in [3.05, 3.63) is 54.4 Å². The molecule has 0 saturated heterocycles. The van der Waals surface area contributed by atoms with E-state index in [4.69, 9.17) is 10.8 Å². The molecule has 0 bridgehead atoms. The number of rotatable bonds is 5. The number of anilines is 2. The Morgan fingerprint density at radius 3 is 2.61 bits per heavy atom. The lowest BCUT2D eigenvalue weighted by Gasteiger charge is -2.25. The van der Waals surface area contributed by atoms with Gasteiger partial charge in [0.2, 0.25) is 0 Å². The van der Waals surface area contributed by atoms with Crippen LogP contribution in [-0.2, 0) is 6.54 Å². The van der Waals surface area contributed by atoms with Crippen LogP contribution < -0.4 is 10.6 Å². The third-order valence-corrected chi connectivity index (χ3v) is 2.75. The SMILES string of the molecule is Nc1cnccc1N(CCO)Cc1ccccc1. The van der Waals surface area contributed by atoms with Crippen molar-refractivity contribution in [1.29, 1.82) is 0 Å². The van der Waals surface area contributed by atoms with Crippen molar-refractivity contribution < 1.29 is 5.11 Å². The molecule has 4 heteroatoms. The Labute approximate surface area is 107 Å². The molecule has 18 heavy (non-hydrogen) atoms. The van der Waals surface area contributed by atoms with Crippen molar-refractivity contribution in [1.82, 2.24) is 4.98 Å². The van der Waals surface area contributed by atoms with Crippen molar-refractivity contribution in [3.8, 4) is 0 Å². The van der Waals surface area contributed by atoms with Gasteiger partial charge in [-0.1, -0.05) is 30.3 Å². The molecule has 3 N–H and O–H groups in total. The fourth-order valence-corrected chi connectivity index (χ4v) is 1.90. The molecule has 1 aromatic carbocycles. The van der Waals surface area contributed by atoms with Crippen LogP contribution in [0.2, 0.25) is 0 Å². The van der Waals surface area contributed by atoms with E-state index in [0.29, 0.717) is 12.2 Å². The maximum atomic E-state index is 9.17. The normalized spacial score (nSPS) is 10.3. The van der Waals surface area contributed by atoms with Crippen LogP contribution in [0.25, 0.3) is 0 Å². The number of nitrogens with two attached hydrogens (primary N) is 1. The molecule has 0 radical (unpaired) electrons. The molecule has 0 fully saturated rings. The number of pyridine rings is 1. The van der Waals surface area contributed by atoms with Crippen LogP contribution in [0.15, 0.2) is 48.8 Å². The van der Waals surface area contributed by atoms with E-state index >= 15 is 0 Å². The molecular formula is C14H17N3O. The molecule has 0 aliphatic rings. The minimum absolute atomic E-state index is 0.0919. The fourth-order valence-electron chi connectivity index (χ4n) is 1.90. The van der Waals surface area contributed by atoms with Crippen LogP contribution in [0, 0.1) is 0 Å². The van der Waals surface area contributed by atoms with Gasteiger partial charge in [0.1, 0.15) is 0 Å². The van der Waals surface area contributed by atoms with Crippen LogP contribution in [0.1, 0.15) is 5.56 Å². The summed E-state index contributed by atoms with van der Waals surface area (Å²) in [6, 6.07) is 12.0. The number of benzene rings is 1. The summed E-state index contributed by atoms with van der Waals surface area (Å²) in [6.07, 6.45) is 3.34. The van der Waals surface area contributed by atoms with Crippen LogP contribution in [0.5, 0.6) is 0 Å². The van der Waals surface area contributed by atoms with Gasteiger partial charge in [0.05, 0.1) is 24.2 Å². The molecule has 0 unspecified atom stereocenters. The lowest BCUT2D eigenvalue weighted by molar-refractivity contribution is 0.301. The quantitative estimate of drug-likeness (QED) is 0.838. The summed E-state index contributed by atoms with van der Waals surface area (Å²) in [4.78, 5) is 6.03. The monoisotopic (exact) mass is 243 g/mol. The highest BCUT2D eigenvalue weighted by atomic mass is 16.3. The van der Waals surface area contributed by atoms with Crippen LogP contribution in [0.3, 0.4) is 0 Å². The van der Waals surface area contributed by atoms with E-state index in [1.807, 2.05) is 29.2 Å². The molecular weight excluding hydrogens is 226 g/mol. The van der Waals surface area contributed by atoms with Crippen molar-refractivity contribution in [2.24, 2.45) is 0 Å². The van der Waals surface area contributed by atoms with E-state index < -0.39 is 0 Å². The standard InChI is InChI=1S/C14H17N3O/c15-13-10-16-7-6-14(13)17(8-9-18)11-12-4-2-1-3-5-12/h1-7,10,18H,8-9,11,15H2. The van der Waals surface area contributed by atoms with Gasteiger partial charge in [-0.2, -0.15) is 0 Å². The molecule has 0 aliphatic carbocycles. The molecule has 0 amide bonds. The minimum atomic E-state index is 0.0919. The van der Waals surface area contributed by atoms with Crippen molar-refractivity contribution >= 4 is 11.4 Å². The number of aromatic nitrogens is 1. The lowest BCUT2D eigenvalue weighted by Crippen LogP contribution is -2.26. The number of hydrogen-bond donors (Lipinski definition) is 2. The molecule has 2 aromatic rings. The first-order valence-corrected chi connectivity index (χ1v) is 5.90. The molecule has 0 spiro atoms. The van der Waals surface area contributed by atoms with Gasteiger partial charge in [-0.3, -0.25) is 4.98 Å². The van der Waals surface area contributed by atoms with Gasteiger partial charge in [0.15, 0.2) is 0 Å². The second kappa shape index (κ2) is 6.02. The number of aliphatic hydroxyl groups is 1. The van der Waals surface area contributed by atoms with E-state index in [0.717, 1.165) is 12.2 Å². The molecule has 94 valence electrons. The number of aliphatic hydroxyl groups excluding tert-OH is 1. The van der Waals surface area contributed by atoms with Gasteiger partial charge >= 0.3 is 0 Å². The Hall–Kier alpha value is -2.07. The molecule has 0 saturated carbocycles. The Morgan fingerprint density at radius 2 is 1.94 bits per heavy atom. The second-order valence-electron chi connectivity index (χ2n) is 4.07. The first-order chi connectivity index (χ1) is 8.81. The van der Waals surface area contributed by atoms with Gasteiger partial charge in [0, 0.05) is 19.3 Å². The van der Waals surface area contributed by atoms with Gasteiger partial charge in [-0.05, 0) is 11.6 Å². The van der Waals surface area contributed by atoms with Gasteiger partial charge in [-0.15, -0.1) is 0 Å². The molecule has 2 rings (SSSR count). The maximum Gasteiger partial charge on any atom is 0.0738 e. The molecule has 4 nitrogen and oxygen atoms in total. The van der Waals surface area contributed by atoms with Crippen molar-refractivity contribution in [3.63, 3.8) is 0 Å². The summed E-state index contributed by atoms with van der Waals surface area (Å²) in [5.74, 6) is 0. The van der Waals surface area contributed by atoms with Gasteiger partial charge in [-0.25, -0.2) is 0 Å². The third-order valence-electron chi connectivity index (χ3n) is 2.75. The summed E-state index contributed by atoms with van der Waals surface area (Å²) >= 11 is 0. The molecule has 0 aliphatic heterocycles. The Balaban J connectivity index is 2.21. The lowest BCUT2D eigenvalue weighted by atomic mass is 10.2. The van der Waals surface area contributed by atoms with E-state index in [-0.39, 0.29) is 6.61 Å². The summed E-state index contributed by atoms with van der Waals surface area (Å²) in [5.41, 5.74) is 8.63. The van der Waals surface area contributed by atoms with E-state index in [1.165, 1.54) is 5.56 Å². The number of hydrogen-bond acceptors (Lipinski definition) is 4. The highest BCUT2D eigenvalue weighted by molar-refractivity contribution is 5.66. The van der Waals surface area contributed by atoms with E-state index in [9.17, 15) is 0 Å². The van der Waals surface area contributed by atoms with Crippen LogP contribution in [-0.4, -0.2) is 23.2 Å². The highest BCUT2D eigenvalue weighted by Gasteiger charge is 2.09. The van der Waals surface area contributed by atoms with Gasteiger partial charge < -0.3 is 15.7 Å². The third kappa shape index (κ3) is 2.99. The first-order valence-electron chi connectivity index (χ1n) is 5.90. The summed E-state index contributed by atoms with van der Waals surface area (Å²) in [5, 5.41) is 9.17. The average Bonchev–Trinajstić information content (AvgIpc) is 2.40. The Kier molecular flexibility index (Phi) is 4.15. The van der Waals surface area contributed by atoms with Crippen molar-refractivity contribution in [2.45, 2.75) is 6.54 Å². The Bertz CT molecular complexity index is 487. The van der Waals surface area contributed by atoms with E-state index in [2.05, 4.69) is 17.1 Å². The average molecular weight is 243 g/mol. The van der Waals surface area contributed by atoms with E-state index in [1.54, 1.807) is 12.4 Å². The Morgan fingerprint density at radius 1 is 1.17 bits per heavy atom.